The van der Waals surface area contributed by atoms with Crippen molar-refractivity contribution in [2.75, 3.05) is 25.0 Å². The molecule has 2 nitrogen and oxygen atoms in total. The normalized spacial score (nSPS) is 12.5. The van der Waals surface area contributed by atoms with Crippen LogP contribution in [0.4, 0.5) is 5.69 Å². The fourth-order valence-corrected chi connectivity index (χ4v) is 2.47. The van der Waals surface area contributed by atoms with Gasteiger partial charge in [-0.25, -0.2) is 0 Å². The van der Waals surface area contributed by atoms with Crippen molar-refractivity contribution in [3.63, 3.8) is 0 Å². The van der Waals surface area contributed by atoms with E-state index in [1.807, 2.05) is 0 Å². The van der Waals surface area contributed by atoms with Gasteiger partial charge in [0.05, 0.1) is 0 Å². The van der Waals surface area contributed by atoms with E-state index < -0.39 is 0 Å². The lowest BCUT2D eigenvalue weighted by Gasteiger charge is -2.25. The maximum Gasteiger partial charge on any atom is 0.0412 e. The first-order valence-electron chi connectivity index (χ1n) is 6.34. The van der Waals surface area contributed by atoms with Gasteiger partial charge in [0, 0.05) is 29.8 Å². The molecule has 0 aliphatic rings. The zero-order valence-corrected chi connectivity index (χ0v) is 12.8. The van der Waals surface area contributed by atoms with Crippen LogP contribution in [0.25, 0.3) is 0 Å². The van der Waals surface area contributed by atoms with Crippen LogP contribution in [0, 0.1) is 0 Å². The van der Waals surface area contributed by atoms with E-state index >= 15 is 0 Å². The summed E-state index contributed by atoms with van der Waals surface area (Å²) in [6.45, 7) is 8.65. The van der Waals surface area contributed by atoms with E-state index in [0.29, 0.717) is 6.04 Å². The molecular weight excluding hydrogens is 276 g/mol. The van der Waals surface area contributed by atoms with E-state index in [1.165, 1.54) is 17.7 Å². The minimum absolute atomic E-state index is 0.381. The highest BCUT2D eigenvalue weighted by Crippen LogP contribution is 2.29. The van der Waals surface area contributed by atoms with E-state index in [0.717, 1.165) is 17.6 Å². The predicted molar refractivity (Wildman–Crippen MR) is 79.8 cm³/mol. The zero-order valence-electron chi connectivity index (χ0n) is 11.3. The van der Waals surface area contributed by atoms with Crippen molar-refractivity contribution in [1.82, 2.24) is 5.32 Å². The summed E-state index contributed by atoms with van der Waals surface area (Å²) in [6, 6.07) is 6.91. The molecule has 0 spiro atoms. The molecule has 1 atom stereocenters. The van der Waals surface area contributed by atoms with Gasteiger partial charge in [0.2, 0.25) is 0 Å². The van der Waals surface area contributed by atoms with Crippen LogP contribution in [0.3, 0.4) is 0 Å². The molecule has 3 heteroatoms. The Labute approximate surface area is 114 Å². The molecule has 0 amide bonds. The Hall–Kier alpha value is -0.540. The van der Waals surface area contributed by atoms with E-state index in [9.17, 15) is 0 Å². The second kappa shape index (κ2) is 7.02. The number of benzene rings is 1. The Morgan fingerprint density at radius 1 is 1.35 bits per heavy atom. The smallest absolute Gasteiger partial charge is 0.0412 e. The largest absolute Gasteiger partial charge is 0.374 e. The molecule has 0 saturated carbocycles. The topological polar surface area (TPSA) is 15.3 Å². The second-order valence-electron chi connectivity index (χ2n) is 4.40. The maximum absolute atomic E-state index is 3.56. The summed E-state index contributed by atoms with van der Waals surface area (Å²) < 4.78 is 1.14. The average Bonchev–Trinajstić information content (AvgIpc) is 2.29. The molecule has 0 aliphatic carbocycles. The molecule has 0 aromatic heterocycles. The third-order valence-corrected chi connectivity index (χ3v) is 3.43. The van der Waals surface area contributed by atoms with Crippen LogP contribution in [-0.2, 0) is 0 Å². The minimum Gasteiger partial charge on any atom is -0.374 e. The van der Waals surface area contributed by atoms with Crippen molar-refractivity contribution in [1.29, 1.82) is 0 Å². The molecule has 0 fully saturated rings. The molecular formula is C14H23BrN2. The van der Waals surface area contributed by atoms with E-state index in [2.05, 4.69) is 72.2 Å². The molecule has 0 aliphatic heterocycles. The summed E-state index contributed by atoms with van der Waals surface area (Å²) in [7, 11) is 2.16. The molecule has 0 saturated heterocycles. The number of nitrogens with one attached hydrogen (secondary N) is 1. The van der Waals surface area contributed by atoms with Crippen LogP contribution < -0.4 is 10.2 Å². The van der Waals surface area contributed by atoms with Gasteiger partial charge >= 0.3 is 0 Å². The quantitative estimate of drug-likeness (QED) is 0.855. The minimum atomic E-state index is 0.381. The number of nitrogens with zero attached hydrogens (tertiary/aromatic N) is 1. The highest BCUT2D eigenvalue weighted by atomic mass is 79.9. The van der Waals surface area contributed by atoms with Gasteiger partial charge in [0.25, 0.3) is 0 Å². The van der Waals surface area contributed by atoms with Crippen molar-refractivity contribution in [3.05, 3.63) is 28.2 Å². The summed E-state index contributed by atoms with van der Waals surface area (Å²) in [4.78, 5) is 2.33. The van der Waals surface area contributed by atoms with Crippen molar-refractivity contribution < 1.29 is 0 Å². The van der Waals surface area contributed by atoms with Crippen LogP contribution in [0.5, 0.6) is 0 Å². The van der Waals surface area contributed by atoms with Crippen LogP contribution in [0.2, 0.25) is 0 Å². The van der Waals surface area contributed by atoms with E-state index in [1.54, 1.807) is 0 Å². The second-order valence-corrected chi connectivity index (χ2v) is 5.32. The summed E-state index contributed by atoms with van der Waals surface area (Å²) in [5.41, 5.74) is 2.68. The fourth-order valence-electron chi connectivity index (χ4n) is 2.09. The summed E-state index contributed by atoms with van der Waals surface area (Å²) >= 11 is 3.56. The van der Waals surface area contributed by atoms with Crippen molar-refractivity contribution in [2.45, 2.75) is 33.2 Å². The number of rotatable bonds is 6. The number of anilines is 1. The molecule has 0 heterocycles. The van der Waals surface area contributed by atoms with Crippen molar-refractivity contribution in [2.24, 2.45) is 0 Å². The lowest BCUT2D eigenvalue weighted by Crippen LogP contribution is -2.24. The van der Waals surface area contributed by atoms with Gasteiger partial charge in [0.1, 0.15) is 0 Å². The molecule has 0 bridgehead atoms. The first-order valence-corrected chi connectivity index (χ1v) is 7.13. The summed E-state index contributed by atoms with van der Waals surface area (Å²) in [5, 5.41) is 3.48. The van der Waals surface area contributed by atoms with Gasteiger partial charge in [-0.3, -0.25) is 0 Å². The fraction of sp³-hybridized carbons (Fsp3) is 0.571. The zero-order chi connectivity index (χ0) is 12.8. The van der Waals surface area contributed by atoms with Gasteiger partial charge < -0.3 is 10.2 Å². The van der Waals surface area contributed by atoms with E-state index in [4.69, 9.17) is 0 Å². The standard InChI is InChI=1S/C14H23BrN2/c1-5-9-17(4)14-8-7-12(15)10-13(14)11(3)16-6-2/h7-8,10-11,16H,5-6,9H2,1-4H3. The highest BCUT2D eigenvalue weighted by Gasteiger charge is 2.12. The van der Waals surface area contributed by atoms with Crippen LogP contribution >= 0.6 is 15.9 Å². The third-order valence-electron chi connectivity index (χ3n) is 2.94. The first kappa shape index (κ1) is 14.5. The predicted octanol–water partition coefficient (Wildman–Crippen LogP) is 3.97. The van der Waals surface area contributed by atoms with Crippen molar-refractivity contribution >= 4 is 21.6 Å². The lowest BCUT2D eigenvalue weighted by molar-refractivity contribution is 0.596. The number of hydrogen-bond acceptors (Lipinski definition) is 2. The van der Waals surface area contributed by atoms with E-state index in [-0.39, 0.29) is 0 Å². The maximum atomic E-state index is 3.56. The molecule has 1 aromatic rings. The Morgan fingerprint density at radius 2 is 2.06 bits per heavy atom. The van der Waals surface area contributed by atoms with Gasteiger partial charge in [-0.05, 0) is 43.7 Å². The average molecular weight is 299 g/mol. The monoisotopic (exact) mass is 298 g/mol. The van der Waals surface area contributed by atoms with Gasteiger partial charge in [-0.1, -0.05) is 29.8 Å². The molecule has 1 N–H and O–H groups in total. The van der Waals surface area contributed by atoms with Gasteiger partial charge in [-0.2, -0.15) is 0 Å². The Morgan fingerprint density at radius 3 is 2.65 bits per heavy atom. The highest BCUT2D eigenvalue weighted by molar-refractivity contribution is 9.10. The summed E-state index contributed by atoms with van der Waals surface area (Å²) in [6.07, 6.45) is 1.17. The first-order chi connectivity index (χ1) is 8.10. The van der Waals surface area contributed by atoms with Gasteiger partial charge in [-0.15, -0.1) is 0 Å². The molecule has 1 rings (SSSR count). The molecule has 96 valence electrons. The SMILES string of the molecule is CCCN(C)c1ccc(Br)cc1C(C)NCC. The molecule has 1 aromatic carbocycles. The molecule has 0 radical (unpaired) electrons. The molecule has 1 unspecified atom stereocenters. The van der Waals surface area contributed by atoms with Crippen LogP contribution in [0.15, 0.2) is 22.7 Å². The number of halogens is 1. The summed E-state index contributed by atoms with van der Waals surface area (Å²) in [5.74, 6) is 0. The van der Waals surface area contributed by atoms with Crippen molar-refractivity contribution in [3.8, 4) is 0 Å². The van der Waals surface area contributed by atoms with Gasteiger partial charge in [0.15, 0.2) is 0 Å². The van der Waals surface area contributed by atoms with Crippen LogP contribution in [-0.4, -0.2) is 20.1 Å². The molecule has 17 heavy (non-hydrogen) atoms. The third kappa shape index (κ3) is 4.00. The Bertz CT molecular complexity index is 352. The number of hydrogen-bond donors (Lipinski definition) is 1. The lowest BCUT2D eigenvalue weighted by atomic mass is 10.1. The van der Waals surface area contributed by atoms with Crippen LogP contribution in [0.1, 0.15) is 38.8 Å². The Balaban J connectivity index is 3.02. The Kier molecular flexibility index (Phi) is 6.00.